The van der Waals surface area contributed by atoms with Crippen LogP contribution in [0.4, 0.5) is 0 Å². The van der Waals surface area contributed by atoms with Gasteiger partial charge in [0.1, 0.15) is 19.2 Å². The highest BCUT2D eigenvalue weighted by molar-refractivity contribution is 9.10. The first-order valence-electron chi connectivity index (χ1n) is 5.44. The van der Waals surface area contributed by atoms with E-state index in [1.807, 2.05) is 0 Å². The maximum Gasteiger partial charge on any atom is 0.176 e. The molecule has 2 rings (SSSR count). The van der Waals surface area contributed by atoms with Gasteiger partial charge in [-0.2, -0.15) is 5.10 Å². The molecule has 0 aliphatic carbocycles. The Kier molecular flexibility index (Phi) is 4.16. The van der Waals surface area contributed by atoms with E-state index in [1.165, 1.54) is 13.4 Å². The second kappa shape index (κ2) is 5.83. The monoisotopic (exact) mass is 325 g/mol. The Morgan fingerprint density at radius 1 is 1.47 bits per heavy atom. The number of methoxy groups -OCH3 is 1. The van der Waals surface area contributed by atoms with Gasteiger partial charge in [0.2, 0.25) is 0 Å². The molecular weight excluding hydrogens is 314 g/mol. The lowest BCUT2D eigenvalue weighted by atomic mass is 10.2. The number of hydrogen-bond acceptors (Lipinski definition) is 5. The molecule has 19 heavy (non-hydrogen) atoms. The van der Waals surface area contributed by atoms with E-state index >= 15 is 0 Å². The number of halogens is 1. The second-order valence-electron chi connectivity index (χ2n) is 3.74. The van der Waals surface area contributed by atoms with Crippen molar-refractivity contribution in [3.63, 3.8) is 0 Å². The van der Waals surface area contributed by atoms with Crippen molar-refractivity contribution in [1.29, 1.82) is 0 Å². The summed E-state index contributed by atoms with van der Waals surface area (Å²) in [6.45, 7) is 0.256. The predicted molar refractivity (Wildman–Crippen MR) is 71.4 cm³/mol. The fraction of sp³-hybridized carbons (Fsp3) is 0.250. The molecule has 1 heterocycles. The number of rotatable bonds is 5. The Morgan fingerprint density at radius 3 is 2.84 bits per heavy atom. The van der Waals surface area contributed by atoms with Crippen LogP contribution in [0.2, 0.25) is 0 Å². The third kappa shape index (κ3) is 2.93. The second-order valence-corrected chi connectivity index (χ2v) is 4.59. The molecule has 0 saturated heterocycles. The average molecular weight is 326 g/mol. The van der Waals surface area contributed by atoms with E-state index in [0.29, 0.717) is 27.4 Å². The third-order valence-electron chi connectivity index (χ3n) is 2.54. The Morgan fingerprint density at radius 2 is 2.26 bits per heavy atom. The molecule has 100 valence electrons. The minimum Gasteiger partial charge on any atom is -0.493 e. The molecular formula is C12H12BrN3O3. The fourth-order valence-corrected chi connectivity index (χ4v) is 2.11. The van der Waals surface area contributed by atoms with Gasteiger partial charge in [0.15, 0.2) is 17.3 Å². The highest BCUT2D eigenvalue weighted by Crippen LogP contribution is 2.36. The van der Waals surface area contributed by atoms with Crippen molar-refractivity contribution in [1.82, 2.24) is 14.8 Å². The normalized spacial score (nSPS) is 10.3. The van der Waals surface area contributed by atoms with E-state index in [1.54, 1.807) is 23.9 Å². The zero-order chi connectivity index (χ0) is 13.8. The number of carbonyl (C=O) groups excluding carboxylic acids is 1. The molecule has 2 aromatic rings. The SMILES string of the molecule is COc1cc(C=O)cc(Br)c1OCc1ncnn1C. The summed E-state index contributed by atoms with van der Waals surface area (Å²) in [4.78, 5) is 14.9. The summed E-state index contributed by atoms with van der Waals surface area (Å²) >= 11 is 3.36. The molecule has 1 aromatic carbocycles. The first-order valence-corrected chi connectivity index (χ1v) is 6.23. The van der Waals surface area contributed by atoms with Crippen LogP contribution in [0.25, 0.3) is 0 Å². The molecule has 6 nitrogen and oxygen atoms in total. The van der Waals surface area contributed by atoms with Gasteiger partial charge in [0, 0.05) is 12.6 Å². The highest BCUT2D eigenvalue weighted by atomic mass is 79.9. The van der Waals surface area contributed by atoms with Crippen LogP contribution in [0.15, 0.2) is 22.9 Å². The summed E-state index contributed by atoms with van der Waals surface area (Å²) in [6.07, 6.45) is 2.21. The minimum atomic E-state index is 0.256. The van der Waals surface area contributed by atoms with E-state index in [4.69, 9.17) is 9.47 Å². The van der Waals surface area contributed by atoms with Crippen molar-refractivity contribution >= 4 is 22.2 Å². The fourth-order valence-electron chi connectivity index (χ4n) is 1.54. The molecule has 0 atom stereocenters. The topological polar surface area (TPSA) is 66.2 Å². The number of aryl methyl sites for hydroxylation is 1. The Hall–Kier alpha value is -1.89. The Balaban J connectivity index is 2.24. The molecule has 0 bridgehead atoms. The molecule has 1 aromatic heterocycles. The van der Waals surface area contributed by atoms with Gasteiger partial charge in [0.25, 0.3) is 0 Å². The number of nitrogens with zero attached hydrogens (tertiary/aromatic N) is 3. The van der Waals surface area contributed by atoms with E-state index in [0.717, 1.165) is 6.29 Å². The number of hydrogen-bond donors (Lipinski definition) is 0. The van der Waals surface area contributed by atoms with Crippen LogP contribution >= 0.6 is 15.9 Å². The number of aromatic nitrogens is 3. The molecule has 0 radical (unpaired) electrons. The first-order chi connectivity index (χ1) is 9.15. The smallest absolute Gasteiger partial charge is 0.176 e. The quantitative estimate of drug-likeness (QED) is 0.786. The first kappa shape index (κ1) is 13.5. The van der Waals surface area contributed by atoms with Crippen molar-refractivity contribution in [3.8, 4) is 11.5 Å². The molecule has 0 saturated carbocycles. The Bertz CT molecular complexity index is 598. The van der Waals surface area contributed by atoms with Crippen LogP contribution in [-0.2, 0) is 13.7 Å². The van der Waals surface area contributed by atoms with Crippen molar-refractivity contribution < 1.29 is 14.3 Å². The van der Waals surface area contributed by atoms with Crippen molar-refractivity contribution in [2.24, 2.45) is 7.05 Å². The number of aldehydes is 1. The standard InChI is InChI=1S/C12H12BrN3O3/c1-16-11(14-7-15-16)6-19-12-9(13)3-8(5-17)4-10(12)18-2/h3-5,7H,6H2,1-2H3. The van der Waals surface area contributed by atoms with Gasteiger partial charge >= 0.3 is 0 Å². The minimum absolute atomic E-state index is 0.256. The van der Waals surface area contributed by atoms with Crippen LogP contribution in [0.5, 0.6) is 11.5 Å². The van der Waals surface area contributed by atoms with Crippen LogP contribution in [0, 0.1) is 0 Å². The van der Waals surface area contributed by atoms with Gasteiger partial charge in [0.05, 0.1) is 11.6 Å². The summed E-state index contributed by atoms with van der Waals surface area (Å²) in [5, 5.41) is 3.96. The summed E-state index contributed by atoms with van der Waals surface area (Å²) in [5.74, 6) is 1.70. The van der Waals surface area contributed by atoms with Crippen molar-refractivity contribution in [3.05, 3.63) is 34.3 Å². The lowest BCUT2D eigenvalue weighted by Crippen LogP contribution is -2.05. The van der Waals surface area contributed by atoms with Gasteiger partial charge in [-0.1, -0.05) is 0 Å². The van der Waals surface area contributed by atoms with Crippen molar-refractivity contribution in [2.45, 2.75) is 6.61 Å². The summed E-state index contributed by atoms with van der Waals surface area (Å²) in [5.41, 5.74) is 0.509. The molecule has 0 aliphatic heterocycles. The van der Waals surface area contributed by atoms with Crippen LogP contribution in [-0.4, -0.2) is 28.2 Å². The van der Waals surface area contributed by atoms with E-state index < -0.39 is 0 Å². The summed E-state index contributed by atoms with van der Waals surface area (Å²) in [6, 6.07) is 3.28. The largest absolute Gasteiger partial charge is 0.493 e. The molecule has 0 fully saturated rings. The third-order valence-corrected chi connectivity index (χ3v) is 3.13. The van der Waals surface area contributed by atoms with Gasteiger partial charge in [-0.3, -0.25) is 9.48 Å². The van der Waals surface area contributed by atoms with E-state index in [9.17, 15) is 4.79 Å². The van der Waals surface area contributed by atoms with Gasteiger partial charge in [-0.05, 0) is 28.1 Å². The van der Waals surface area contributed by atoms with Crippen LogP contribution < -0.4 is 9.47 Å². The predicted octanol–water partition coefficient (Wildman–Crippen LogP) is 1.98. The maximum absolute atomic E-state index is 10.8. The van der Waals surface area contributed by atoms with E-state index in [-0.39, 0.29) is 6.61 Å². The van der Waals surface area contributed by atoms with Crippen LogP contribution in [0.1, 0.15) is 16.2 Å². The van der Waals surface area contributed by atoms with Gasteiger partial charge < -0.3 is 9.47 Å². The summed E-state index contributed by atoms with van der Waals surface area (Å²) < 4.78 is 13.2. The molecule has 0 unspecified atom stereocenters. The maximum atomic E-state index is 10.8. The molecule has 7 heteroatoms. The zero-order valence-corrected chi connectivity index (χ0v) is 12.0. The summed E-state index contributed by atoms with van der Waals surface area (Å²) in [7, 11) is 3.30. The highest BCUT2D eigenvalue weighted by Gasteiger charge is 2.13. The lowest BCUT2D eigenvalue weighted by molar-refractivity contribution is 0.112. The molecule has 0 N–H and O–H groups in total. The molecule has 0 spiro atoms. The van der Waals surface area contributed by atoms with Gasteiger partial charge in [-0.25, -0.2) is 4.98 Å². The van der Waals surface area contributed by atoms with Crippen molar-refractivity contribution in [2.75, 3.05) is 7.11 Å². The Labute approximate surface area is 118 Å². The number of benzene rings is 1. The molecule has 0 amide bonds. The van der Waals surface area contributed by atoms with E-state index in [2.05, 4.69) is 26.0 Å². The zero-order valence-electron chi connectivity index (χ0n) is 10.5. The molecule has 0 aliphatic rings. The lowest BCUT2D eigenvalue weighted by Gasteiger charge is -2.12. The van der Waals surface area contributed by atoms with Crippen LogP contribution in [0.3, 0.4) is 0 Å². The number of carbonyl (C=O) groups is 1. The average Bonchev–Trinajstić information content (AvgIpc) is 2.82. The van der Waals surface area contributed by atoms with Gasteiger partial charge in [-0.15, -0.1) is 0 Å². The number of ether oxygens (including phenoxy) is 2.